The molecule has 1 N–H and O–H groups in total. The van der Waals surface area contributed by atoms with Crippen LogP contribution in [0.5, 0.6) is 11.5 Å². The van der Waals surface area contributed by atoms with Crippen LogP contribution < -0.4 is 14.8 Å². The topological polar surface area (TPSA) is 30.5 Å². The first-order valence-electron chi connectivity index (χ1n) is 8.74. The van der Waals surface area contributed by atoms with Crippen molar-refractivity contribution in [2.75, 3.05) is 7.11 Å². The van der Waals surface area contributed by atoms with E-state index in [2.05, 4.69) is 5.32 Å². The van der Waals surface area contributed by atoms with Gasteiger partial charge in [0.05, 0.1) is 7.11 Å². The fourth-order valence-electron chi connectivity index (χ4n) is 2.69. The molecule has 0 radical (unpaired) electrons. The molecular formula is C22H20Cl2FNO2. The van der Waals surface area contributed by atoms with Crippen molar-refractivity contribution in [1.29, 1.82) is 0 Å². The molecule has 0 bridgehead atoms. The van der Waals surface area contributed by atoms with Crippen molar-refractivity contribution in [1.82, 2.24) is 5.32 Å². The third-order valence-electron chi connectivity index (χ3n) is 4.20. The average Bonchev–Trinajstić information content (AvgIpc) is 2.69. The number of rotatable bonds is 8. The van der Waals surface area contributed by atoms with Crippen LogP contribution in [-0.4, -0.2) is 7.11 Å². The molecule has 0 aliphatic rings. The summed E-state index contributed by atoms with van der Waals surface area (Å²) in [7, 11) is 1.60. The molecule has 146 valence electrons. The van der Waals surface area contributed by atoms with Gasteiger partial charge < -0.3 is 14.8 Å². The van der Waals surface area contributed by atoms with Crippen molar-refractivity contribution in [3.05, 3.63) is 93.2 Å². The molecule has 0 spiro atoms. The zero-order chi connectivity index (χ0) is 19.9. The van der Waals surface area contributed by atoms with Crippen LogP contribution in [0.25, 0.3) is 0 Å². The van der Waals surface area contributed by atoms with E-state index in [-0.39, 0.29) is 5.82 Å². The molecule has 28 heavy (non-hydrogen) atoms. The predicted molar refractivity (Wildman–Crippen MR) is 111 cm³/mol. The van der Waals surface area contributed by atoms with E-state index in [4.69, 9.17) is 32.7 Å². The molecule has 0 unspecified atom stereocenters. The van der Waals surface area contributed by atoms with Crippen LogP contribution in [0.3, 0.4) is 0 Å². The van der Waals surface area contributed by atoms with Crippen molar-refractivity contribution in [2.24, 2.45) is 0 Å². The number of ether oxygens (including phenoxy) is 2. The van der Waals surface area contributed by atoms with Crippen LogP contribution in [-0.2, 0) is 19.7 Å². The molecule has 0 atom stereocenters. The summed E-state index contributed by atoms with van der Waals surface area (Å²) in [4.78, 5) is 0. The van der Waals surface area contributed by atoms with Crippen molar-refractivity contribution in [3.63, 3.8) is 0 Å². The second-order valence-electron chi connectivity index (χ2n) is 6.24. The Morgan fingerprint density at radius 2 is 1.57 bits per heavy atom. The number of benzene rings is 3. The molecule has 0 amide bonds. The number of methoxy groups -OCH3 is 1. The van der Waals surface area contributed by atoms with Gasteiger partial charge in [0, 0.05) is 28.7 Å². The molecule has 0 heterocycles. The Morgan fingerprint density at radius 1 is 0.857 bits per heavy atom. The summed E-state index contributed by atoms with van der Waals surface area (Å²) in [6, 6.07) is 17.5. The van der Waals surface area contributed by atoms with E-state index in [9.17, 15) is 4.39 Å². The SMILES string of the molecule is COc1cc(CNCc2ccc(F)cc2)ccc1OCc1ccc(Cl)cc1Cl. The van der Waals surface area contributed by atoms with Crippen molar-refractivity contribution in [2.45, 2.75) is 19.7 Å². The minimum atomic E-state index is -0.232. The van der Waals surface area contributed by atoms with Gasteiger partial charge in [0.25, 0.3) is 0 Å². The molecule has 0 aromatic heterocycles. The highest BCUT2D eigenvalue weighted by molar-refractivity contribution is 6.35. The maximum atomic E-state index is 12.9. The number of nitrogens with one attached hydrogen (secondary N) is 1. The Kier molecular flexibility index (Phi) is 7.15. The van der Waals surface area contributed by atoms with E-state index in [1.54, 1.807) is 31.4 Å². The van der Waals surface area contributed by atoms with Gasteiger partial charge in [-0.15, -0.1) is 0 Å². The Hall–Kier alpha value is -2.27. The summed E-state index contributed by atoms with van der Waals surface area (Å²) in [5, 5.41) is 4.48. The molecule has 0 aliphatic carbocycles. The molecule has 3 rings (SSSR count). The highest BCUT2D eigenvalue weighted by atomic mass is 35.5. The lowest BCUT2D eigenvalue weighted by Crippen LogP contribution is -2.12. The first-order valence-corrected chi connectivity index (χ1v) is 9.49. The summed E-state index contributed by atoms with van der Waals surface area (Å²) in [6.07, 6.45) is 0. The lowest BCUT2D eigenvalue weighted by Gasteiger charge is -2.13. The van der Waals surface area contributed by atoms with Gasteiger partial charge >= 0.3 is 0 Å². The zero-order valence-electron chi connectivity index (χ0n) is 15.3. The fraction of sp³-hybridized carbons (Fsp3) is 0.182. The monoisotopic (exact) mass is 419 g/mol. The lowest BCUT2D eigenvalue weighted by atomic mass is 10.1. The number of halogens is 3. The van der Waals surface area contributed by atoms with Gasteiger partial charge in [-0.25, -0.2) is 4.39 Å². The zero-order valence-corrected chi connectivity index (χ0v) is 16.9. The highest BCUT2D eigenvalue weighted by Gasteiger charge is 2.08. The maximum absolute atomic E-state index is 12.9. The van der Waals surface area contributed by atoms with Gasteiger partial charge in [-0.1, -0.05) is 47.5 Å². The average molecular weight is 420 g/mol. The number of hydrogen-bond donors (Lipinski definition) is 1. The minimum Gasteiger partial charge on any atom is -0.493 e. The smallest absolute Gasteiger partial charge is 0.161 e. The quantitative estimate of drug-likeness (QED) is 0.484. The van der Waals surface area contributed by atoms with E-state index in [0.717, 1.165) is 16.7 Å². The van der Waals surface area contributed by atoms with Crippen LogP contribution >= 0.6 is 23.2 Å². The minimum absolute atomic E-state index is 0.232. The third kappa shape index (κ3) is 5.61. The van der Waals surface area contributed by atoms with Crippen LogP contribution in [0, 0.1) is 5.82 Å². The summed E-state index contributed by atoms with van der Waals surface area (Å²) >= 11 is 12.1. The van der Waals surface area contributed by atoms with Gasteiger partial charge in [-0.05, 0) is 47.5 Å². The largest absolute Gasteiger partial charge is 0.493 e. The molecule has 3 nitrogen and oxygen atoms in total. The van der Waals surface area contributed by atoms with E-state index in [1.165, 1.54) is 12.1 Å². The molecule has 0 fully saturated rings. The third-order valence-corrected chi connectivity index (χ3v) is 4.78. The van der Waals surface area contributed by atoms with E-state index in [1.807, 2.05) is 24.3 Å². The van der Waals surface area contributed by atoms with Crippen LogP contribution in [0.2, 0.25) is 10.0 Å². The van der Waals surface area contributed by atoms with E-state index < -0.39 is 0 Å². The first kappa shape index (κ1) is 20.5. The Labute approximate surface area is 174 Å². The molecule has 0 saturated heterocycles. The Bertz CT molecular complexity index is 932. The van der Waals surface area contributed by atoms with Gasteiger partial charge in [0.15, 0.2) is 11.5 Å². The molecule has 0 saturated carbocycles. The van der Waals surface area contributed by atoms with Crippen molar-refractivity contribution >= 4 is 23.2 Å². The van der Waals surface area contributed by atoms with Gasteiger partial charge in [0.2, 0.25) is 0 Å². The summed E-state index contributed by atoms with van der Waals surface area (Å²) < 4.78 is 24.3. The summed E-state index contributed by atoms with van der Waals surface area (Å²) in [6.45, 7) is 1.61. The van der Waals surface area contributed by atoms with E-state index in [0.29, 0.717) is 41.2 Å². The second-order valence-corrected chi connectivity index (χ2v) is 7.08. The summed E-state index contributed by atoms with van der Waals surface area (Å²) in [5.41, 5.74) is 2.92. The van der Waals surface area contributed by atoms with Gasteiger partial charge in [-0.3, -0.25) is 0 Å². The van der Waals surface area contributed by atoms with Crippen LogP contribution in [0.4, 0.5) is 4.39 Å². The van der Waals surface area contributed by atoms with E-state index >= 15 is 0 Å². The van der Waals surface area contributed by atoms with Gasteiger partial charge in [0.1, 0.15) is 12.4 Å². The van der Waals surface area contributed by atoms with Crippen LogP contribution in [0.1, 0.15) is 16.7 Å². The normalized spacial score (nSPS) is 10.7. The second kappa shape index (κ2) is 9.78. The molecule has 3 aromatic rings. The van der Waals surface area contributed by atoms with Crippen molar-refractivity contribution in [3.8, 4) is 11.5 Å². The molecule has 3 aromatic carbocycles. The van der Waals surface area contributed by atoms with Crippen LogP contribution in [0.15, 0.2) is 60.7 Å². The lowest BCUT2D eigenvalue weighted by molar-refractivity contribution is 0.284. The summed E-state index contributed by atoms with van der Waals surface area (Å²) in [5.74, 6) is 1.05. The molecule has 6 heteroatoms. The number of hydrogen-bond acceptors (Lipinski definition) is 3. The molecular weight excluding hydrogens is 400 g/mol. The standard InChI is InChI=1S/C22H20Cl2FNO2/c1-27-22-10-16(13-26-12-15-2-7-19(25)8-3-15)4-9-21(22)28-14-17-5-6-18(23)11-20(17)24/h2-11,26H,12-14H2,1H3. The highest BCUT2D eigenvalue weighted by Crippen LogP contribution is 2.30. The first-order chi connectivity index (χ1) is 13.5. The molecule has 0 aliphatic heterocycles. The Morgan fingerprint density at radius 3 is 2.29 bits per heavy atom. The predicted octanol–water partition coefficient (Wildman–Crippen LogP) is 6.01. The van der Waals surface area contributed by atoms with Gasteiger partial charge in [-0.2, -0.15) is 0 Å². The fourth-order valence-corrected chi connectivity index (χ4v) is 3.15. The van der Waals surface area contributed by atoms with Crippen molar-refractivity contribution < 1.29 is 13.9 Å². The Balaban J connectivity index is 1.59. The maximum Gasteiger partial charge on any atom is 0.161 e.